The van der Waals surface area contributed by atoms with Crippen molar-refractivity contribution in [1.82, 2.24) is 9.80 Å². The van der Waals surface area contributed by atoms with Crippen LogP contribution in [-0.4, -0.2) is 55.2 Å². The third kappa shape index (κ3) is 4.91. The first-order valence-corrected chi connectivity index (χ1v) is 8.18. The Kier molecular flexibility index (Phi) is 6.52. The highest BCUT2D eigenvalue weighted by molar-refractivity contribution is 5.67. The first kappa shape index (κ1) is 16.6. The van der Waals surface area contributed by atoms with Gasteiger partial charge in [0.15, 0.2) is 0 Å². The molecule has 0 radical (unpaired) electrons. The van der Waals surface area contributed by atoms with E-state index in [9.17, 15) is 4.79 Å². The molecule has 1 aromatic carbocycles. The fourth-order valence-electron chi connectivity index (χ4n) is 2.59. The van der Waals surface area contributed by atoms with Crippen molar-refractivity contribution in [1.29, 1.82) is 0 Å². The number of nitrogens with two attached hydrogens (primary N) is 1. The Bertz CT molecular complexity index is 471. The minimum Gasteiger partial charge on any atom is -0.449 e. The standard InChI is InChI=1S/C17H27N3O2/c1-2-3-14-22-17(21)20-12-10-19(11-13-20)9-8-15-6-4-5-7-16(15)18/h4-7H,2-3,8-14,18H2,1H3. The van der Waals surface area contributed by atoms with Crippen LogP contribution in [0.4, 0.5) is 10.5 Å². The summed E-state index contributed by atoms with van der Waals surface area (Å²) in [5.41, 5.74) is 8.03. The van der Waals surface area contributed by atoms with Gasteiger partial charge in [-0.25, -0.2) is 4.79 Å². The molecule has 0 spiro atoms. The average Bonchev–Trinajstić information content (AvgIpc) is 2.55. The predicted octanol–water partition coefficient (Wildman–Crippen LogP) is 2.37. The van der Waals surface area contributed by atoms with E-state index in [-0.39, 0.29) is 6.09 Å². The van der Waals surface area contributed by atoms with Gasteiger partial charge in [-0.1, -0.05) is 31.5 Å². The van der Waals surface area contributed by atoms with Gasteiger partial charge < -0.3 is 15.4 Å². The molecule has 5 nitrogen and oxygen atoms in total. The molecule has 1 aliphatic heterocycles. The molecule has 122 valence electrons. The second kappa shape index (κ2) is 8.63. The quantitative estimate of drug-likeness (QED) is 0.647. The first-order valence-electron chi connectivity index (χ1n) is 8.18. The highest BCUT2D eigenvalue weighted by atomic mass is 16.6. The molecule has 0 aliphatic carbocycles. The molecular weight excluding hydrogens is 278 g/mol. The highest BCUT2D eigenvalue weighted by Gasteiger charge is 2.21. The largest absolute Gasteiger partial charge is 0.449 e. The van der Waals surface area contributed by atoms with E-state index in [0.29, 0.717) is 6.61 Å². The average molecular weight is 305 g/mol. The van der Waals surface area contributed by atoms with E-state index in [1.54, 1.807) is 0 Å². The van der Waals surface area contributed by atoms with Gasteiger partial charge in [0.2, 0.25) is 0 Å². The van der Waals surface area contributed by atoms with Crippen LogP contribution in [0.3, 0.4) is 0 Å². The number of piperazine rings is 1. The summed E-state index contributed by atoms with van der Waals surface area (Å²) >= 11 is 0. The summed E-state index contributed by atoms with van der Waals surface area (Å²) in [6.07, 6.45) is 2.77. The summed E-state index contributed by atoms with van der Waals surface area (Å²) in [7, 11) is 0. The van der Waals surface area contributed by atoms with Gasteiger partial charge >= 0.3 is 6.09 Å². The Labute approximate surface area is 133 Å². The summed E-state index contributed by atoms with van der Waals surface area (Å²) in [5.74, 6) is 0. The molecular formula is C17H27N3O2. The molecule has 1 fully saturated rings. The van der Waals surface area contributed by atoms with Gasteiger partial charge in [-0.3, -0.25) is 4.90 Å². The van der Waals surface area contributed by atoms with E-state index in [2.05, 4.69) is 17.9 Å². The van der Waals surface area contributed by atoms with Gasteiger partial charge in [-0.2, -0.15) is 0 Å². The summed E-state index contributed by atoms with van der Waals surface area (Å²) in [5, 5.41) is 0. The number of benzene rings is 1. The third-order valence-electron chi connectivity index (χ3n) is 4.11. The number of carbonyl (C=O) groups excluding carboxylic acids is 1. The molecule has 0 atom stereocenters. The smallest absolute Gasteiger partial charge is 0.409 e. The maximum atomic E-state index is 11.9. The monoisotopic (exact) mass is 305 g/mol. The number of nitrogen functional groups attached to an aromatic ring is 1. The Morgan fingerprint density at radius 2 is 1.95 bits per heavy atom. The molecule has 5 heteroatoms. The van der Waals surface area contributed by atoms with E-state index >= 15 is 0 Å². The lowest BCUT2D eigenvalue weighted by atomic mass is 10.1. The molecule has 1 aliphatic rings. The molecule has 1 aromatic rings. The summed E-state index contributed by atoms with van der Waals surface area (Å²) < 4.78 is 5.25. The second-order valence-corrected chi connectivity index (χ2v) is 5.75. The van der Waals surface area contributed by atoms with E-state index in [1.807, 2.05) is 23.1 Å². The number of rotatable bonds is 6. The number of para-hydroxylation sites is 1. The number of anilines is 1. The van der Waals surface area contributed by atoms with Crippen molar-refractivity contribution in [3.05, 3.63) is 29.8 Å². The zero-order valence-corrected chi connectivity index (χ0v) is 13.5. The topological polar surface area (TPSA) is 58.8 Å². The normalized spacial score (nSPS) is 15.8. The van der Waals surface area contributed by atoms with E-state index < -0.39 is 0 Å². The minimum atomic E-state index is -0.166. The second-order valence-electron chi connectivity index (χ2n) is 5.75. The van der Waals surface area contributed by atoms with Gasteiger partial charge in [0.05, 0.1) is 6.61 Å². The fraction of sp³-hybridized carbons (Fsp3) is 0.588. The lowest BCUT2D eigenvalue weighted by molar-refractivity contribution is 0.0757. The van der Waals surface area contributed by atoms with Crippen molar-refractivity contribution in [2.75, 3.05) is 45.1 Å². The van der Waals surface area contributed by atoms with Crippen molar-refractivity contribution >= 4 is 11.8 Å². The summed E-state index contributed by atoms with van der Waals surface area (Å²) in [6, 6.07) is 8.01. The van der Waals surface area contributed by atoms with Crippen LogP contribution in [-0.2, 0) is 11.2 Å². The van der Waals surface area contributed by atoms with E-state index in [1.165, 1.54) is 5.56 Å². The molecule has 22 heavy (non-hydrogen) atoms. The SMILES string of the molecule is CCCCOC(=O)N1CCN(CCc2ccccc2N)CC1. The zero-order chi connectivity index (χ0) is 15.8. The van der Waals surface area contributed by atoms with Crippen LogP contribution in [0.1, 0.15) is 25.3 Å². The van der Waals surface area contributed by atoms with Gasteiger partial charge in [0, 0.05) is 38.4 Å². The molecule has 0 bridgehead atoms. The number of carbonyl (C=O) groups is 1. The summed E-state index contributed by atoms with van der Waals surface area (Å²) in [4.78, 5) is 16.1. The van der Waals surface area contributed by atoms with Crippen LogP contribution in [0, 0.1) is 0 Å². The maximum Gasteiger partial charge on any atom is 0.409 e. The van der Waals surface area contributed by atoms with Crippen LogP contribution in [0.5, 0.6) is 0 Å². The number of unbranched alkanes of at least 4 members (excludes halogenated alkanes) is 1. The highest BCUT2D eigenvalue weighted by Crippen LogP contribution is 2.12. The van der Waals surface area contributed by atoms with Gasteiger partial charge in [0.1, 0.15) is 0 Å². The Balaban J connectivity index is 1.69. The third-order valence-corrected chi connectivity index (χ3v) is 4.11. The molecule has 0 aromatic heterocycles. The van der Waals surface area contributed by atoms with Crippen molar-refractivity contribution in [2.45, 2.75) is 26.2 Å². The van der Waals surface area contributed by atoms with Crippen molar-refractivity contribution in [2.24, 2.45) is 0 Å². The van der Waals surface area contributed by atoms with Crippen LogP contribution in [0.15, 0.2) is 24.3 Å². The Morgan fingerprint density at radius 1 is 1.23 bits per heavy atom. The van der Waals surface area contributed by atoms with Crippen molar-refractivity contribution < 1.29 is 9.53 Å². The lowest BCUT2D eigenvalue weighted by Crippen LogP contribution is -2.49. The van der Waals surface area contributed by atoms with E-state index in [0.717, 1.165) is 57.7 Å². The van der Waals surface area contributed by atoms with Crippen LogP contribution in [0.25, 0.3) is 0 Å². The zero-order valence-electron chi connectivity index (χ0n) is 13.5. The van der Waals surface area contributed by atoms with Crippen molar-refractivity contribution in [3.8, 4) is 0 Å². The maximum absolute atomic E-state index is 11.9. The van der Waals surface area contributed by atoms with Crippen LogP contribution in [0.2, 0.25) is 0 Å². The Morgan fingerprint density at radius 3 is 2.64 bits per heavy atom. The van der Waals surface area contributed by atoms with Crippen LogP contribution >= 0.6 is 0 Å². The van der Waals surface area contributed by atoms with Gasteiger partial charge in [-0.05, 0) is 24.5 Å². The number of nitrogens with zero attached hydrogens (tertiary/aromatic N) is 2. The van der Waals surface area contributed by atoms with Crippen molar-refractivity contribution in [3.63, 3.8) is 0 Å². The number of amides is 1. The summed E-state index contributed by atoms with van der Waals surface area (Å²) in [6.45, 7) is 6.89. The molecule has 0 saturated carbocycles. The molecule has 0 unspecified atom stereocenters. The predicted molar refractivity (Wildman–Crippen MR) is 88.8 cm³/mol. The van der Waals surface area contributed by atoms with E-state index in [4.69, 9.17) is 10.5 Å². The number of ether oxygens (including phenoxy) is 1. The molecule has 1 amide bonds. The van der Waals surface area contributed by atoms with Gasteiger partial charge in [0.25, 0.3) is 0 Å². The molecule has 1 heterocycles. The number of hydrogen-bond donors (Lipinski definition) is 1. The van der Waals surface area contributed by atoms with Crippen LogP contribution < -0.4 is 5.73 Å². The first-order chi connectivity index (χ1) is 10.7. The molecule has 1 saturated heterocycles. The minimum absolute atomic E-state index is 0.166. The lowest BCUT2D eigenvalue weighted by Gasteiger charge is -2.34. The Hall–Kier alpha value is -1.75. The fourth-order valence-corrected chi connectivity index (χ4v) is 2.59. The van der Waals surface area contributed by atoms with Gasteiger partial charge in [-0.15, -0.1) is 0 Å². The molecule has 2 N–H and O–H groups in total. The molecule has 2 rings (SSSR count). The number of hydrogen-bond acceptors (Lipinski definition) is 4.